The number of aliphatic carboxylic acids is 1. The predicted molar refractivity (Wildman–Crippen MR) is 88.7 cm³/mol. The van der Waals surface area contributed by atoms with E-state index >= 15 is 0 Å². The first-order valence-corrected chi connectivity index (χ1v) is 8.12. The first-order chi connectivity index (χ1) is 10.5. The second kappa shape index (κ2) is 7.96. The van der Waals surface area contributed by atoms with Gasteiger partial charge < -0.3 is 10.4 Å². The van der Waals surface area contributed by atoms with Crippen molar-refractivity contribution in [3.8, 4) is 0 Å². The topological polar surface area (TPSA) is 66.4 Å². The van der Waals surface area contributed by atoms with E-state index in [0.717, 1.165) is 10.4 Å². The van der Waals surface area contributed by atoms with E-state index in [1.54, 1.807) is 17.4 Å². The molecule has 0 aliphatic rings. The molecule has 0 aliphatic heterocycles. The summed E-state index contributed by atoms with van der Waals surface area (Å²) in [5.74, 6) is -0.899. The standard InChI is InChI=1S/C16H16ClNO3S/c17-12-9-14(22-10-12)5-6-15(19)18-13-3-1-2-11(8-13)4-7-16(20)21/h1-3,8-10H,4-7H2,(H,18,19)(H,20,21). The van der Waals surface area contributed by atoms with Crippen LogP contribution in [0.1, 0.15) is 23.3 Å². The Morgan fingerprint density at radius 3 is 2.68 bits per heavy atom. The Hall–Kier alpha value is -1.85. The van der Waals surface area contributed by atoms with Crippen LogP contribution in [0.25, 0.3) is 0 Å². The number of nitrogens with one attached hydrogen (secondary N) is 1. The molecule has 1 heterocycles. The number of rotatable bonds is 7. The Morgan fingerprint density at radius 2 is 2.00 bits per heavy atom. The largest absolute Gasteiger partial charge is 0.481 e. The van der Waals surface area contributed by atoms with Crippen molar-refractivity contribution < 1.29 is 14.7 Å². The van der Waals surface area contributed by atoms with Crippen LogP contribution >= 0.6 is 22.9 Å². The molecule has 2 aromatic rings. The minimum atomic E-state index is -0.830. The zero-order valence-electron chi connectivity index (χ0n) is 11.8. The van der Waals surface area contributed by atoms with Crippen LogP contribution in [0.3, 0.4) is 0 Å². The molecule has 4 nitrogen and oxygen atoms in total. The Balaban J connectivity index is 1.85. The van der Waals surface area contributed by atoms with E-state index < -0.39 is 5.97 Å². The van der Waals surface area contributed by atoms with Crippen molar-refractivity contribution in [2.75, 3.05) is 5.32 Å². The van der Waals surface area contributed by atoms with Gasteiger partial charge in [0.2, 0.25) is 5.91 Å². The van der Waals surface area contributed by atoms with E-state index in [0.29, 0.717) is 30.0 Å². The minimum Gasteiger partial charge on any atom is -0.481 e. The number of amides is 1. The van der Waals surface area contributed by atoms with Crippen molar-refractivity contribution in [1.29, 1.82) is 0 Å². The van der Waals surface area contributed by atoms with Gasteiger partial charge >= 0.3 is 5.97 Å². The Kier molecular flexibility index (Phi) is 5.98. The summed E-state index contributed by atoms with van der Waals surface area (Å²) >= 11 is 7.38. The van der Waals surface area contributed by atoms with Gasteiger partial charge in [0.05, 0.1) is 5.02 Å². The van der Waals surface area contributed by atoms with Gasteiger partial charge in [0, 0.05) is 28.8 Å². The third-order valence-electron chi connectivity index (χ3n) is 3.06. The van der Waals surface area contributed by atoms with Crippen LogP contribution in [-0.2, 0) is 22.4 Å². The average molecular weight is 338 g/mol. The van der Waals surface area contributed by atoms with Crippen LogP contribution < -0.4 is 5.32 Å². The lowest BCUT2D eigenvalue weighted by Crippen LogP contribution is -2.12. The van der Waals surface area contributed by atoms with Crippen LogP contribution in [0.5, 0.6) is 0 Å². The van der Waals surface area contributed by atoms with Crippen molar-refractivity contribution in [1.82, 2.24) is 0 Å². The molecule has 6 heteroatoms. The summed E-state index contributed by atoms with van der Waals surface area (Å²) in [6, 6.07) is 9.14. The Bertz CT molecular complexity index is 669. The molecule has 1 aromatic heterocycles. The predicted octanol–water partition coefficient (Wildman–Crippen LogP) is 3.99. The van der Waals surface area contributed by atoms with Crippen LogP contribution in [0.2, 0.25) is 5.02 Å². The maximum Gasteiger partial charge on any atom is 0.303 e. The van der Waals surface area contributed by atoms with Gasteiger partial charge in [-0.15, -0.1) is 11.3 Å². The molecule has 2 rings (SSSR count). The highest BCUT2D eigenvalue weighted by Gasteiger charge is 2.06. The summed E-state index contributed by atoms with van der Waals surface area (Å²) in [7, 11) is 0. The first kappa shape index (κ1) is 16.5. The number of hydrogen-bond acceptors (Lipinski definition) is 3. The molecule has 0 bridgehead atoms. The molecule has 2 N–H and O–H groups in total. The number of thiophene rings is 1. The lowest BCUT2D eigenvalue weighted by Gasteiger charge is -2.07. The smallest absolute Gasteiger partial charge is 0.303 e. The van der Waals surface area contributed by atoms with Gasteiger partial charge in [0.15, 0.2) is 0 Å². The number of anilines is 1. The van der Waals surface area contributed by atoms with E-state index in [1.807, 2.05) is 29.6 Å². The maximum atomic E-state index is 11.9. The van der Waals surface area contributed by atoms with E-state index in [9.17, 15) is 9.59 Å². The number of carboxylic acid groups (broad SMARTS) is 1. The van der Waals surface area contributed by atoms with Gasteiger partial charge in [-0.05, 0) is 36.6 Å². The number of carboxylic acids is 1. The number of carbonyl (C=O) groups excluding carboxylic acids is 1. The lowest BCUT2D eigenvalue weighted by molar-refractivity contribution is -0.137. The molecule has 0 saturated carbocycles. The molecule has 0 saturated heterocycles. The molecule has 0 radical (unpaired) electrons. The summed E-state index contributed by atoms with van der Waals surface area (Å²) in [6.45, 7) is 0. The normalized spacial score (nSPS) is 10.4. The van der Waals surface area contributed by atoms with Crippen molar-refractivity contribution in [2.45, 2.75) is 25.7 Å². The van der Waals surface area contributed by atoms with E-state index in [4.69, 9.17) is 16.7 Å². The van der Waals surface area contributed by atoms with Crippen molar-refractivity contribution in [3.05, 3.63) is 51.2 Å². The van der Waals surface area contributed by atoms with Gasteiger partial charge in [0.25, 0.3) is 0 Å². The molecule has 22 heavy (non-hydrogen) atoms. The third kappa shape index (κ3) is 5.50. The quantitative estimate of drug-likeness (QED) is 0.802. The molecule has 1 aromatic carbocycles. The summed E-state index contributed by atoms with van der Waals surface area (Å²) in [5.41, 5.74) is 1.59. The van der Waals surface area contributed by atoms with Crippen molar-refractivity contribution in [2.24, 2.45) is 0 Å². The zero-order chi connectivity index (χ0) is 15.9. The van der Waals surface area contributed by atoms with Gasteiger partial charge in [-0.2, -0.15) is 0 Å². The summed E-state index contributed by atoms with van der Waals surface area (Å²) in [5, 5.41) is 14.1. The Labute approximate surface area is 137 Å². The van der Waals surface area contributed by atoms with Crippen LogP contribution in [0, 0.1) is 0 Å². The summed E-state index contributed by atoms with van der Waals surface area (Å²) in [6.07, 6.45) is 1.57. The summed E-state index contributed by atoms with van der Waals surface area (Å²) in [4.78, 5) is 23.6. The van der Waals surface area contributed by atoms with Crippen LogP contribution in [0.15, 0.2) is 35.7 Å². The minimum absolute atomic E-state index is 0.0695. The third-order valence-corrected chi connectivity index (χ3v) is 4.40. The number of aryl methyl sites for hydroxylation is 2. The first-order valence-electron chi connectivity index (χ1n) is 6.86. The molecule has 0 aliphatic carbocycles. The number of benzene rings is 1. The van der Waals surface area contributed by atoms with Gasteiger partial charge in [-0.3, -0.25) is 9.59 Å². The number of hydrogen-bond donors (Lipinski definition) is 2. The van der Waals surface area contributed by atoms with Crippen molar-refractivity contribution >= 4 is 40.5 Å². The molecule has 1 amide bonds. The molecule has 0 spiro atoms. The van der Waals surface area contributed by atoms with Crippen LogP contribution in [-0.4, -0.2) is 17.0 Å². The lowest BCUT2D eigenvalue weighted by atomic mass is 10.1. The molecule has 116 valence electrons. The fourth-order valence-electron chi connectivity index (χ4n) is 2.00. The molecule has 0 fully saturated rings. The van der Waals surface area contributed by atoms with Gasteiger partial charge in [0.1, 0.15) is 0 Å². The molecular weight excluding hydrogens is 322 g/mol. The maximum absolute atomic E-state index is 11.9. The highest BCUT2D eigenvalue weighted by atomic mass is 35.5. The van der Waals surface area contributed by atoms with E-state index in [2.05, 4.69) is 5.32 Å². The van der Waals surface area contributed by atoms with Gasteiger partial charge in [-0.1, -0.05) is 23.7 Å². The second-order valence-corrected chi connectivity index (χ2v) is 6.31. The highest BCUT2D eigenvalue weighted by Crippen LogP contribution is 2.20. The zero-order valence-corrected chi connectivity index (χ0v) is 13.4. The summed E-state index contributed by atoms with van der Waals surface area (Å²) < 4.78 is 0. The average Bonchev–Trinajstić information content (AvgIpc) is 2.89. The second-order valence-electron chi connectivity index (χ2n) is 4.87. The molecule has 0 atom stereocenters. The molecule has 0 unspecified atom stereocenters. The highest BCUT2D eigenvalue weighted by molar-refractivity contribution is 7.10. The number of carbonyl (C=O) groups is 2. The SMILES string of the molecule is O=C(O)CCc1cccc(NC(=O)CCc2cc(Cl)cs2)c1. The fraction of sp³-hybridized carbons (Fsp3) is 0.250. The molecular formula is C16H16ClNO3S. The van der Waals surface area contributed by atoms with Crippen LogP contribution in [0.4, 0.5) is 5.69 Å². The van der Waals surface area contributed by atoms with Gasteiger partial charge in [-0.25, -0.2) is 0 Å². The fourth-order valence-corrected chi connectivity index (χ4v) is 3.08. The van der Waals surface area contributed by atoms with E-state index in [-0.39, 0.29) is 12.3 Å². The van der Waals surface area contributed by atoms with E-state index in [1.165, 1.54) is 0 Å². The Morgan fingerprint density at radius 1 is 1.18 bits per heavy atom. The van der Waals surface area contributed by atoms with Crippen molar-refractivity contribution in [3.63, 3.8) is 0 Å². The number of halogens is 1. The monoisotopic (exact) mass is 337 g/mol.